The number of hydrogen-bond acceptors (Lipinski definition) is 5. The molecule has 1 aromatic rings. The molecule has 0 spiro atoms. The van der Waals surface area contributed by atoms with Crippen LogP contribution in [0.5, 0.6) is 0 Å². The van der Waals surface area contributed by atoms with Gasteiger partial charge in [-0.3, -0.25) is 0 Å². The smallest absolute Gasteiger partial charge is 0.328 e. The summed E-state index contributed by atoms with van der Waals surface area (Å²) >= 11 is 0. The van der Waals surface area contributed by atoms with Crippen LogP contribution in [-0.2, 0) is 9.53 Å². The maximum Gasteiger partial charge on any atom is 0.328 e. The van der Waals surface area contributed by atoms with Crippen LogP contribution in [0.1, 0.15) is 11.1 Å². The molecule has 0 saturated carbocycles. The van der Waals surface area contributed by atoms with Crippen molar-refractivity contribution in [1.82, 2.24) is 4.98 Å². The minimum Gasteiger partial charge on any atom is -0.480 e. The number of morpholine rings is 1. The molecule has 1 unspecified atom stereocenters. The predicted octanol–water partition coefficient (Wildman–Crippen LogP) is 0.552. The highest BCUT2D eigenvalue weighted by molar-refractivity contribution is 5.79. The third-order valence-electron chi connectivity index (χ3n) is 2.94. The van der Waals surface area contributed by atoms with E-state index in [1.54, 1.807) is 24.1 Å². The van der Waals surface area contributed by atoms with Crippen molar-refractivity contribution in [2.45, 2.75) is 13.0 Å². The second-order valence-corrected chi connectivity index (χ2v) is 4.06. The number of pyridine rings is 1. The zero-order chi connectivity index (χ0) is 13.1. The first-order valence-electron chi connectivity index (χ1n) is 5.58. The van der Waals surface area contributed by atoms with E-state index in [2.05, 4.69) is 11.1 Å². The number of aliphatic carboxylic acids is 1. The van der Waals surface area contributed by atoms with Crippen molar-refractivity contribution >= 4 is 11.8 Å². The van der Waals surface area contributed by atoms with E-state index in [0.717, 1.165) is 5.56 Å². The van der Waals surface area contributed by atoms with Crippen LogP contribution in [0, 0.1) is 18.3 Å². The van der Waals surface area contributed by atoms with Gasteiger partial charge >= 0.3 is 5.97 Å². The molecule has 1 aromatic heterocycles. The first-order valence-corrected chi connectivity index (χ1v) is 5.58. The molecule has 0 aliphatic carbocycles. The fourth-order valence-corrected chi connectivity index (χ4v) is 1.96. The Morgan fingerprint density at radius 2 is 2.50 bits per heavy atom. The Labute approximate surface area is 104 Å². The lowest BCUT2D eigenvalue weighted by molar-refractivity contribution is -0.141. The third-order valence-corrected chi connectivity index (χ3v) is 2.94. The standard InChI is InChI=1S/C12H13N3O3/c1-8-2-3-14-11(9(8)6-13)15-4-5-18-7-10(15)12(16)17/h2-3,10H,4-5,7H2,1H3,(H,16,17). The lowest BCUT2D eigenvalue weighted by atomic mass is 10.1. The molecule has 2 rings (SSSR count). The summed E-state index contributed by atoms with van der Waals surface area (Å²) in [6.45, 7) is 2.77. The van der Waals surface area contributed by atoms with Crippen LogP contribution >= 0.6 is 0 Å². The monoisotopic (exact) mass is 247 g/mol. The molecule has 6 heteroatoms. The van der Waals surface area contributed by atoms with E-state index in [4.69, 9.17) is 10.00 Å². The van der Waals surface area contributed by atoms with Gasteiger partial charge in [0.2, 0.25) is 0 Å². The number of nitriles is 1. The molecule has 94 valence electrons. The van der Waals surface area contributed by atoms with Crippen molar-refractivity contribution in [3.63, 3.8) is 0 Å². The Morgan fingerprint density at radius 3 is 3.17 bits per heavy atom. The van der Waals surface area contributed by atoms with E-state index >= 15 is 0 Å². The Balaban J connectivity index is 2.43. The van der Waals surface area contributed by atoms with Crippen molar-refractivity contribution in [3.8, 4) is 6.07 Å². The second kappa shape index (κ2) is 5.02. The molecule has 1 fully saturated rings. The summed E-state index contributed by atoms with van der Waals surface area (Å²) in [5.41, 5.74) is 1.21. The molecule has 18 heavy (non-hydrogen) atoms. The summed E-state index contributed by atoms with van der Waals surface area (Å²) in [6.07, 6.45) is 1.58. The van der Waals surface area contributed by atoms with Crippen LogP contribution in [0.15, 0.2) is 12.3 Å². The Kier molecular flexibility index (Phi) is 3.44. The number of ether oxygens (including phenoxy) is 1. The molecule has 0 radical (unpaired) electrons. The summed E-state index contributed by atoms with van der Waals surface area (Å²) in [7, 11) is 0. The Morgan fingerprint density at radius 1 is 1.72 bits per heavy atom. The molecular weight excluding hydrogens is 234 g/mol. The molecule has 1 atom stereocenters. The number of carboxylic acid groups (broad SMARTS) is 1. The van der Waals surface area contributed by atoms with Crippen LogP contribution in [0.4, 0.5) is 5.82 Å². The minimum absolute atomic E-state index is 0.107. The van der Waals surface area contributed by atoms with Gasteiger partial charge in [-0.1, -0.05) is 0 Å². The topological polar surface area (TPSA) is 86.5 Å². The van der Waals surface area contributed by atoms with E-state index in [9.17, 15) is 9.90 Å². The fraction of sp³-hybridized carbons (Fsp3) is 0.417. The van der Waals surface area contributed by atoms with Crippen LogP contribution < -0.4 is 4.90 Å². The first-order chi connectivity index (χ1) is 8.65. The highest BCUT2D eigenvalue weighted by Gasteiger charge is 2.31. The van der Waals surface area contributed by atoms with Gasteiger partial charge in [0.1, 0.15) is 11.9 Å². The number of aromatic nitrogens is 1. The van der Waals surface area contributed by atoms with E-state index in [1.165, 1.54) is 0 Å². The van der Waals surface area contributed by atoms with E-state index in [-0.39, 0.29) is 6.61 Å². The lowest BCUT2D eigenvalue weighted by Crippen LogP contribution is -2.50. The molecule has 0 amide bonds. The van der Waals surface area contributed by atoms with Crippen LogP contribution in [0.3, 0.4) is 0 Å². The van der Waals surface area contributed by atoms with E-state index < -0.39 is 12.0 Å². The maximum atomic E-state index is 11.2. The van der Waals surface area contributed by atoms with Crippen LogP contribution in [0.2, 0.25) is 0 Å². The normalized spacial score (nSPS) is 19.3. The molecule has 0 aromatic carbocycles. The molecule has 1 aliphatic rings. The summed E-state index contributed by atoms with van der Waals surface area (Å²) in [6, 6.07) is 3.03. The Bertz CT molecular complexity index is 510. The third kappa shape index (κ3) is 2.13. The van der Waals surface area contributed by atoms with Crippen LogP contribution in [0.25, 0.3) is 0 Å². The summed E-state index contributed by atoms with van der Waals surface area (Å²) in [5, 5.41) is 18.3. The second-order valence-electron chi connectivity index (χ2n) is 4.06. The highest BCUT2D eigenvalue weighted by Crippen LogP contribution is 2.23. The molecule has 1 N–H and O–H groups in total. The van der Waals surface area contributed by atoms with E-state index in [0.29, 0.717) is 24.5 Å². The number of nitrogens with zero attached hydrogens (tertiary/aromatic N) is 3. The molecule has 6 nitrogen and oxygen atoms in total. The van der Waals surface area contributed by atoms with Crippen LogP contribution in [-0.4, -0.2) is 41.9 Å². The van der Waals surface area contributed by atoms with Crippen molar-refractivity contribution in [1.29, 1.82) is 5.26 Å². The lowest BCUT2D eigenvalue weighted by Gasteiger charge is -2.34. The number of aryl methyl sites for hydroxylation is 1. The SMILES string of the molecule is Cc1ccnc(N2CCOCC2C(=O)O)c1C#N. The van der Waals surface area contributed by atoms with Gasteiger partial charge in [0.05, 0.1) is 18.8 Å². The van der Waals surface area contributed by atoms with Gasteiger partial charge in [-0.25, -0.2) is 9.78 Å². The first kappa shape index (κ1) is 12.3. The molecule has 0 bridgehead atoms. The number of rotatable bonds is 2. The van der Waals surface area contributed by atoms with Gasteiger partial charge < -0.3 is 14.7 Å². The van der Waals surface area contributed by atoms with Gasteiger partial charge in [-0.15, -0.1) is 0 Å². The quantitative estimate of drug-likeness (QED) is 0.821. The van der Waals surface area contributed by atoms with Gasteiger partial charge in [0, 0.05) is 12.7 Å². The van der Waals surface area contributed by atoms with Crippen molar-refractivity contribution < 1.29 is 14.6 Å². The maximum absolute atomic E-state index is 11.2. The van der Waals surface area contributed by atoms with Crippen molar-refractivity contribution in [2.75, 3.05) is 24.7 Å². The molecule has 1 saturated heterocycles. The zero-order valence-corrected chi connectivity index (χ0v) is 9.96. The largest absolute Gasteiger partial charge is 0.480 e. The summed E-state index contributed by atoms with van der Waals surface area (Å²) < 4.78 is 5.17. The van der Waals surface area contributed by atoms with Gasteiger partial charge in [-0.05, 0) is 18.6 Å². The number of carbonyl (C=O) groups is 1. The van der Waals surface area contributed by atoms with Crippen molar-refractivity contribution in [3.05, 3.63) is 23.4 Å². The fourth-order valence-electron chi connectivity index (χ4n) is 1.96. The van der Waals surface area contributed by atoms with Crippen molar-refractivity contribution in [2.24, 2.45) is 0 Å². The average molecular weight is 247 g/mol. The van der Waals surface area contributed by atoms with Gasteiger partial charge in [0.25, 0.3) is 0 Å². The molecule has 2 heterocycles. The Hall–Kier alpha value is -2.13. The number of hydrogen-bond donors (Lipinski definition) is 1. The summed E-state index contributed by atoms with van der Waals surface area (Å²) in [4.78, 5) is 17.0. The van der Waals surface area contributed by atoms with Gasteiger partial charge in [0.15, 0.2) is 6.04 Å². The highest BCUT2D eigenvalue weighted by atomic mass is 16.5. The average Bonchev–Trinajstić information content (AvgIpc) is 2.38. The molecule has 1 aliphatic heterocycles. The number of carboxylic acids is 1. The predicted molar refractivity (Wildman–Crippen MR) is 63.3 cm³/mol. The van der Waals surface area contributed by atoms with E-state index in [1.807, 2.05) is 0 Å². The zero-order valence-electron chi connectivity index (χ0n) is 9.96. The molecular formula is C12H13N3O3. The van der Waals surface area contributed by atoms with Gasteiger partial charge in [-0.2, -0.15) is 5.26 Å². The summed E-state index contributed by atoms with van der Waals surface area (Å²) in [5.74, 6) is -0.546. The number of anilines is 1. The minimum atomic E-state index is -0.970.